The lowest BCUT2D eigenvalue weighted by atomic mass is 10.1. The van der Waals surface area contributed by atoms with Gasteiger partial charge in [-0.1, -0.05) is 11.6 Å². The molecule has 10 nitrogen and oxygen atoms in total. The maximum atomic E-state index is 13.6. The van der Waals surface area contributed by atoms with Gasteiger partial charge in [0.25, 0.3) is 5.91 Å². The third-order valence-electron chi connectivity index (χ3n) is 6.36. The number of hydrogen-bond donors (Lipinski definition) is 2. The first-order chi connectivity index (χ1) is 20.1. The van der Waals surface area contributed by atoms with Crippen molar-refractivity contribution in [2.75, 3.05) is 42.4 Å². The number of ether oxygens (including phenoxy) is 2. The van der Waals surface area contributed by atoms with E-state index >= 15 is 0 Å². The summed E-state index contributed by atoms with van der Waals surface area (Å²) < 4.78 is 10.8. The number of carbonyl (C=O) groups is 4. The molecule has 0 saturated heterocycles. The summed E-state index contributed by atoms with van der Waals surface area (Å²) in [5.74, 6) is -0.729. The Labute approximate surface area is 249 Å². The normalized spacial score (nSPS) is 10.5. The Kier molecular flexibility index (Phi) is 11.7. The van der Waals surface area contributed by atoms with Gasteiger partial charge in [-0.15, -0.1) is 0 Å². The quantitative estimate of drug-likeness (QED) is 0.247. The zero-order valence-corrected chi connectivity index (χ0v) is 24.5. The van der Waals surface area contributed by atoms with Gasteiger partial charge in [0, 0.05) is 60.9 Å². The predicted molar refractivity (Wildman–Crippen MR) is 162 cm³/mol. The van der Waals surface area contributed by atoms with E-state index < -0.39 is 5.97 Å². The molecule has 3 aromatic carbocycles. The topological polar surface area (TPSA) is 125 Å². The number of benzene rings is 3. The van der Waals surface area contributed by atoms with Crippen LogP contribution in [0.5, 0.6) is 11.5 Å². The Bertz CT molecular complexity index is 1390. The largest absolute Gasteiger partial charge is 0.497 e. The van der Waals surface area contributed by atoms with Crippen molar-refractivity contribution in [2.24, 2.45) is 0 Å². The zero-order valence-electron chi connectivity index (χ0n) is 23.8. The van der Waals surface area contributed by atoms with Crippen LogP contribution in [-0.4, -0.2) is 56.1 Å². The first kappa shape index (κ1) is 32.0. The molecular weight excluding hydrogens is 562 g/mol. The second-order valence-corrected chi connectivity index (χ2v) is 9.81. The van der Waals surface area contributed by atoms with Gasteiger partial charge in [-0.3, -0.25) is 19.2 Å². The van der Waals surface area contributed by atoms with Crippen LogP contribution in [0.3, 0.4) is 0 Å². The highest BCUT2D eigenvalue weighted by Crippen LogP contribution is 2.33. The van der Waals surface area contributed by atoms with Gasteiger partial charge in [0.2, 0.25) is 11.8 Å². The summed E-state index contributed by atoms with van der Waals surface area (Å²) >= 11 is 6.07. The monoisotopic (exact) mass is 595 g/mol. The molecule has 0 aliphatic heterocycles. The third kappa shape index (κ3) is 8.97. The lowest BCUT2D eigenvalue weighted by Crippen LogP contribution is -2.35. The number of rotatable bonds is 14. The van der Waals surface area contributed by atoms with Crippen LogP contribution in [0, 0.1) is 0 Å². The standard InChI is InChI=1S/C31H34ClN3O7/c1-21(36)33-24-12-8-22(9-13-24)31(40)34(25-14-10-23(32)11-15-25)18-4-6-29(37)35(19-5-7-30(38)39)27-17-16-26(41-2)20-28(27)42-3/h8-17,20H,4-7,18-19H2,1-3H3,(H,33,36)(H,38,39). The van der Waals surface area contributed by atoms with Crippen LogP contribution >= 0.6 is 11.6 Å². The maximum absolute atomic E-state index is 13.6. The van der Waals surface area contributed by atoms with E-state index in [1.165, 1.54) is 26.0 Å². The number of carboxylic acid groups (broad SMARTS) is 1. The van der Waals surface area contributed by atoms with Gasteiger partial charge in [0.15, 0.2) is 0 Å². The Morgan fingerprint density at radius 3 is 2.07 bits per heavy atom. The van der Waals surface area contributed by atoms with E-state index in [2.05, 4.69) is 5.32 Å². The number of halogens is 1. The minimum atomic E-state index is -0.952. The number of aliphatic carboxylic acids is 1. The highest BCUT2D eigenvalue weighted by atomic mass is 35.5. The average molecular weight is 596 g/mol. The molecule has 3 rings (SSSR count). The number of carbonyl (C=O) groups excluding carboxylic acids is 3. The maximum Gasteiger partial charge on any atom is 0.303 e. The first-order valence-electron chi connectivity index (χ1n) is 13.3. The summed E-state index contributed by atoms with van der Waals surface area (Å²) in [4.78, 5) is 52.6. The summed E-state index contributed by atoms with van der Waals surface area (Å²) in [6.07, 6.45) is 0.564. The van der Waals surface area contributed by atoms with Gasteiger partial charge in [-0.2, -0.15) is 0 Å². The minimum absolute atomic E-state index is 0.0844. The van der Waals surface area contributed by atoms with Crippen molar-refractivity contribution in [1.82, 2.24) is 0 Å². The van der Waals surface area contributed by atoms with Crippen molar-refractivity contribution < 1.29 is 33.8 Å². The molecule has 0 atom stereocenters. The van der Waals surface area contributed by atoms with E-state index in [0.717, 1.165) is 0 Å². The van der Waals surface area contributed by atoms with E-state index in [1.807, 2.05) is 0 Å². The Morgan fingerprint density at radius 1 is 0.833 bits per heavy atom. The van der Waals surface area contributed by atoms with Crippen molar-refractivity contribution >= 4 is 52.4 Å². The van der Waals surface area contributed by atoms with Gasteiger partial charge >= 0.3 is 5.97 Å². The molecule has 0 fully saturated rings. The fourth-order valence-electron chi connectivity index (χ4n) is 4.32. The Hall–Kier alpha value is -4.57. The summed E-state index contributed by atoms with van der Waals surface area (Å²) in [5.41, 5.74) is 2.08. The molecule has 0 radical (unpaired) electrons. The van der Waals surface area contributed by atoms with Crippen LogP contribution in [0.4, 0.5) is 17.1 Å². The van der Waals surface area contributed by atoms with E-state index in [4.69, 9.17) is 26.2 Å². The molecule has 0 aromatic heterocycles. The summed E-state index contributed by atoms with van der Waals surface area (Å²) in [6.45, 7) is 1.80. The third-order valence-corrected chi connectivity index (χ3v) is 6.61. The molecule has 0 bridgehead atoms. The SMILES string of the molecule is COc1ccc(N(CCCC(=O)O)C(=O)CCCN(C(=O)c2ccc(NC(C)=O)cc2)c2ccc(Cl)cc2)c(OC)c1. The van der Waals surface area contributed by atoms with Crippen LogP contribution < -0.4 is 24.6 Å². The van der Waals surface area contributed by atoms with Crippen molar-refractivity contribution in [3.8, 4) is 11.5 Å². The number of nitrogens with one attached hydrogen (secondary N) is 1. The van der Waals surface area contributed by atoms with E-state index in [1.54, 1.807) is 71.6 Å². The number of carboxylic acids is 1. The lowest BCUT2D eigenvalue weighted by Gasteiger charge is -2.26. The molecule has 2 N–H and O–H groups in total. The number of nitrogens with zero attached hydrogens (tertiary/aromatic N) is 2. The van der Waals surface area contributed by atoms with E-state index in [0.29, 0.717) is 45.6 Å². The zero-order chi connectivity index (χ0) is 30.6. The van der Waals surface area contributed by atoms with Crippen LogP contribution in [0.25, 0.3) is 0 Å². The molecule has 222 valence electrons. The van der Waals surface area contributed by atoms with Crippen LogP contribution in [-0.2, 0) is 14.4 Å². The fourth-order valence-corrected chi connectivity index (χ4v) is 4.45. The average Bonchev–Trinajstić information content (AvgIpc) is 2.97. The number of amides is 3. The van der Waals surface area contributed by atoms with Gasteiger partial charge in [-0.05, 0) is 73.5 Å². The Balaban J connectivity index is 1.80. The molecule has 0 spiro atoms. The number of hydrogen-bond acceptors (Lipinski definition) is 6. The minimum Gasteiger partial charge on any atom is -0.497 e. The van der Waals surface area contributed by atoms with Crippen molar-refractivity contribution in [3.63, 3.8) is 0 Å². The fraction of sp³-hybridized carbons (Fsp3) is 0.290. The van der Waals surface area contributed by atoms with E-state index in [9.17, 15) is 19.2 Å². The molecule has 0 heterocycles. The molecule has 0 saturated carbocycles. The summed E-state index contributed by atoms with van der Waals surface area (Å²) in [5, 5.41) is 12.3. The van der Waals surface area contributed by atoms with E-state index in [-0.39, 0.29) is 50.1 Å². The number of anilines is 3. The van der Waals surface area contributed by atoms with Crippen LogP contribution in [0.15, 0.2) is 66.7 Å². The van der Waals surface area contributed by atoms with Crippen LogP contribution in [0.2, 0.25) is 5.02 Å². The molecule has 3 amide bonds. The van der Waals surface area contributed by atoms with Crippen molar-refractivity contribution in [1.29, 1.82) is 0 Å². The first-order valence-corrected chi connectivity index (χ1v) is 13.7. The van der Waals surface area contributed by atoms with Gasteiger partial charge in [0.05, 0.1) is 19.9 Å². The molecule has 0 unspecified atom stereocenters. The molecule has 0 aliphatic rings. The van der Waals surface area contributed by atoms with Crippen LogP contribution in [0.1, 0.15) is 43.0 Å². The highest BCUT2D eigenvalue weighted by molar-refractivity contribution is 6.30. The Morgan fingerprint density at radius 2 is 1.48 bits per heavy atom. The van der Waals surface area contributed by atoms with Gasteiger partial charge in [-0.25, -0.2) is 0 Å². The number of methoxy groups -OCH3 is 2. The lowest BCUT2D eigenvalue weighted by molar-refractivity contribution is -0.137. The molecular formula is C31H34ClN3O7. The molecule has 3 aromatic rings. The summed E-state index contributed by atoms with van der Waals surface area (Å²) in [6, 6.07) is 18.4. The van der Waals surface area contributed by atoms with Gasteiger partial charge < -0.3 is 29.7 Å². The highest BCUT2D eigenvalue weighted by Gasteiger charge is 2.22. The van der Waals surface area contributed by atoms with Crippen molar-refractivity contribution in [3.05, 3.63) is 77.3 Å². The second kappa shape index (κ2) is 15.4. The molecule has 0 aliphatic carbocycles. The van der Waals surface area contributed by atoms with Crippen molar-refractivity contribution in [2.45, 2.75) is 32.6 Å². The molecule has 11 heteroatoms. The second-order valence-electron chi connectivity index (χ2n) is 9.38. The smallest absolute Gasteiger partial charge is 0.303 e. The van der Waals surface area contributed by atoms with Gasteiger partial charge in [0.1, 0.15) is 11.5 Å². The summed E-state index contributed by atoms with van der Waals surface area (Å²) in [7, 11) is 3.01. The molecule has 42 heavy (non-hydrogen) atoms. The predicted octanol–water partition coefficient (Wildman–Crippen LogP) is 5.64.